The number of amides is 1. The Kier molecular flexibility index (Phi) is 10.7. The van der Waals surface area contributed by atoms with Crippen molar-refractivity contribution < 1.29 is 23.5 Å². The quantitative estimate of drug-likeness (QED) is 0.121. The van der Waals surface area contributed by atoms with Gasteiger partial charge < -0.3 is 19.6 Å². The minimum atomic E-state index is -3.30. The lowest BCUT2D eigenvalue weighted by Crippen LogP contribution is -2.65. The SMILES string of the molecule is COc1ccc(F)cc1[C@H](Cn1c(=O)n([C@]2(C)CCNC2=O)c(=O)c2c(C)c(-n3nccn3)sc21)OCCCC(C)(C)[Si](O)(c1ccccc1)c1ccccc1. The zero-order valence-electron chi connectivity index (χ0n) is 32.0. The van der Waals surface area contributed by atoms with Crippen LogP contribution in [0.25, 0.3) is 15.2 Å². The number of aromatic nitrogens is 5. The van der Waals surface area contributed by atoms with Crippen LogP contribution in [0.2, 0.25) is 5.04 Å². The molecular weight excluding hydrogens is 752 g/mol. The van der Waals surface area contributed by atoms with Crippen LogP contribution in [-0.2, 0) is 21.6 Å². The van der Waals surface area contributed by atoms with Gasteiger partial charge in [-0.25, -0.2) is 13.8 Å². The molecule has 0 bridgehead atoms. The largest absolute Gasteiger partial charge is 0.496 e. The monoisotopic (exact) mass is 796 g/mol. The summed E-state index contributed by atoms with van der Waals surface area (Å²) in [6.45, 7) is 7.86. The standard InChI is InChI=1S/C41H45FN6O6SSi/c1-27-34-35(49)47(41(4)20-21-43-38(41)50)39(51)46(37(34)55-36(27)48-44-22-23-45-48)26-33(31-25-28(42)17-18-32(31)53-5)54-24-12-19-40(2,3)56(52,29-13-8-6-9-14-29)30-15-10-7-11-16-30/h6-11,13-18,22-23,25,33,52H,12,19-21,24,26H2,1-5H3,(H,43,50)/t33-,41+/m0/s1. The average Bonchev–Trinajstić information content (AvgIpc) is 3.94. The minimum Gasteiger partial charge on any atom is -0.496 e. The van der Waals surface area contributed by atoms with Gasteiger partial charge in [0.25, 0.3) is 13.9 Å². The van der Waals surface area contributed by atoms with Crippen molar-refractivity contribution in [2.75, 3.05) is 20.3 Å². The van der Waals surface area contributed by atoms with Gasteiger partial charge in [0.05, 0.1) is 31.4 Å². The first-order chi connectivity index (χ1) is 26.8. The van der Waals surface area contributed by atoms with Crippen molar-refractivity contribution >= 4 is 46.2 Å². The second-order valence-electron chi connectivity index (χ2n) is 15.0. The first kappa shape index (κ1) is 39.0. The Balaban J connectivity index is 1.29. The highest BCUT2D eigenvalue weighted by molar-refractivity contribution is 7.21. The average molecular weight is 797 g/mol. The normalized spacial score (nSPS) is 16.7. The lowest BCUT2D eigenvalue weighted by molar-refractivity contribution is -0.126. The van der Waals surface area contributed by atoms with Crippen LogP contribution < -0.4 is 31.7 Å². The van der Waals surface area contributed by atoms with Crippen LogP contribution in [0.5, 0.6) is 5.75 Å². The topological polar surface area (TPSA) is 142 Å². The molecule has 1 fully saturated rings. The summed E-state index contributed by atoms with van der Waals surface area (Å²) in [5.41, 5.74) is -1.82. The van der Waals surface area contributed by atoms with Gasteiger partial charge in [-0.2, -0.15) is 10.2 Å². The number of hydrogen-bond donors (Lipinski definition) is 2. The number of nitrogens with one attached hydrogen (secondary N) is 1. The lowest BCUT2D eigenvalue weighted by atomic mass is 10.00. The van der Waals surface area contributed by atoms with Crippen molar-refractivity contribution in [1.82, 2.24) is 29.4 Å². The Morgan fingerprint density at radius 3 is 2.25 bits per heavy atom. The summed E-state index contributed by atoms with van der Waals surface area (Å²) in [6, 6.07) is 23.7. The number of carbonyl (C=O) groups excluding carboxylic acids is 1. The number of benzene rings is 3. The van der Waals surface area contributed by atoms with Gasteiger partial charge in [-0.1, -0.05) is 85.8 Å². The fraction of sp³-hybridized carbons (Fsp3) is 0.341. The molecule has 3 aromatic carbocycles. The van der Waals surface area contributed by atoms with E-state index in [1.807, 2.05) is 60.7 Å². The predicted molar refractivity (Wildman–Crippen MR) is 216 cm³/mol. The number of methoxy groups -OCH3 is 1. The number of carbonyl (C=O) groups is 1. The number of nitrogens with zero attached hydrogens (tertiary/aromatic N) is 5. The zero-order valence-corrected chi connectivity index (χ0v) is 33.8. The molecule has 2 atom stereocenters. The maximum atomic E-state index is 15.0. The zero-order chi connectivity index (χ0) is 39.8. The van der Waals surface area contributed by atoms with E-state index < -0.39 is 48.0 Å². The van der Waals surface area contributed by atoms with Gasteiger partial charge in [-0.05, 0) is 66.7 Å². The first-order valence-electron chi connectivity index (χ1n) is 18.5. The fourth-order valence-corrected chi connectivity index (χ4v) is 13.0. The highest BCUT2D eigenvalue weighted by Crippen LogP contribution is 2.41. The fourth-order valence-electron chi connectivity index (χ4n) is 7.97. The Morgan fingerprint density at radius 1 is 1.02 bits per heavy atom. The number of thiophene rings is 1. The highest BCUT2D eigenvalue weighted by atomic mass is 32.1. The lowest BCUT2D eigenvalue weighted by Gasteiger charge is -2.41. The molecule has 0 aliphatic carbocycles. The van der Waals surface area contributed by atoms with E-state index in [2.05, 4.69) is 29.4 Å². The molecule has 1 aliphatic heterocycles. The molecule has 0 unspecified atom stereocenters. The van der Waals surface area contributed by atoms with Crippen molar-refractivity contribution in [3.05, 3.63) is 129 Å². The van der Waals surface area contributed by atoms with Crippen LogP contribution in [-0.4, -0.2) is 63.4 Å². The van der Waals surface area contributed by atoms with Gasteiger partial charge >= 0.3 is 5.69 Å². The van der Waals surface area contributed by atoms with Crippen LogP contribution in [0.4, 0.5) is 4.39 Å². The number of aryl methyl sites for hydroxylation is 1. The van der Waals surface area contributed by atoms with Crippen molar-refractivity contribution in [1.29, 1.82) is 0 Å². The Labute approximate surface area is 328 Å². The summed E-state index contributed by atoms with van der Waals surface area (Å²) in [7, 11) is -1.82. The van der Waals surface area contributed by atoms with Crippen LogP contribution in [0.15, 0.2) is 101 Å². The van der Waals surface area contributed by atoms with Gasteiger partial charge in [-0.3, -0.25) is 14.2 Å². The molecule has 0 saturated carbocycles. The summed E-state index contributed by atoms with van der Waals surface area (Å²) in [4.78, 5) is 56.7. The van der Waals surface area contributed by atoms with Crippen LogP contribution in [0.3, 0.4) is 0 Å². The molecule has 292 valence electrons. The van der Waals surface area contributed by atoms with E-state index in [0.717, 1.165) is 14.9 Å². The Hall–Kier alpha value is -5.22. The van der Waals surface area contributed by atoms with Crippen molar-refractivity contribution in [2.24, 2.45) is 0 Å². The first-order valence-corrected chi connectivity index (χ1v) is 21.3. The minimum absolute atomic E-state index is 0.144. The molecule has 56 heavy (non-hydrogen) atoms. The van der Waals surface area contributed by atoms with E-state index in [1.165, 1.54) is 58.4 Å². The van der Waals surface area contributed by atoms with Gasteiger partial charge in [0.15, 0.2) is 0 Å². The molecule has 1 aliphatic rings. The van der Waals surface area contributed by atoms with E-state index in [1.54, 1.807) is 13.8 Å². The molecule has 4 heterocycles. The molecule has 0 spiro atoms. The second-order valence-corrected chi connectivity index (χ2v) is 19.9. The van der Waals surface area contributed by atoms with E-state index in [0.29, 0.717) is 46.1 Å². The molecule has 7 rings (SSSR count). The molecule has 3 aromatic heterocycles. The highest BCUT2D eigenvalue weighted by Gasteiger charge is 2.49. The molecule has 1 saturated heterocycles. The number of ether oxygens (including phenoxy) is 2. The summed E-state index contributed by atoms with van der Waals surface area (Å²) < 4.78 is 29.8. The van der Waals surface area contributed by atoms with Gasteiger partial charge in [0.1, 0.15) is 33.0 Å². The Morgan fingerprint density at radius 2 is 1.66 bits per heavy atom. The third-order valence-corrected chi connectivity index (χ3v) is 17.0. The molecule has 15 heteroatoms. The van der Waals surface area contributed by atoms with E-state index in [9.17, 15) is 19.2 Å². The van der Waals surface area contributed by atoms with Crippen LogP contribution in [0, 0.1) is 12.7 Å². The smallest absolute Gasteiger partial charge is 0.333 e. The van der Waals surface area contributed by atoms with Gasteiger partial charge in [0.2, 0.25) is 5.91 Å². The third kappa shape index (κ3) is 6.71. The maximum absolute atomic E-state index is 15.0. The van der Waals surface area contributed by atoms with Crippen molar-refractivity contribution in [3.8, 4) is 10.8 Å². The Bertz CT molecular complexity index is 2450. The summed E-state index contributed by atoms with van der Waals surface area (Å²) >= 11 is 1.17. The third-order valence-electron chi connectivity index (χ3n) is 11.2. The number of rotatable bonds is 14. The molecule has 12 nitrogen and oxygen atoms in total. The van der Waals surface area contributed by atoms with Gasteiger partial charge in [-0.15, -0.1) is 4.80 Å². The summed E-state index contributed by atoms with van der Waals surface area (Å²) in [5, 5.41) is 13.4. The molecule has 2 N–H and O–H groups in total. The van der Waals surface area contributed by atoms with Crippen LogP contribution >= 0.6 is 11.3 Å². The summed E-state index contributed by atoms with van der Waals surface area (Å²) in [6.07, 6.45) is 3.43. The van der Waals surface area contributed by atoms with E-state index in [4.69, 9.17) is 9.47 Å². The molecule has 6 aromatic rings. The number of halogens is 1. The summed E-state index contributed by atoms with van der Waals surface area (Å²) in [5.74, 6) is -0.592. The van der Waals surface area contributed by atoms with Crippen molar-refractivity contribution in [3.63, 3.8) is 0 Å². The van der Waals surface area contributed by atoms with Gasteiger partial charge in [0, 0.05) is 24.3 Å². The number of hydrogen-bond acceptors (Lipinski definition) is 9. The molecular formula is C41H45FN6O6SSi. The molecule has 0 radical (unpaired) electrons. The maximum Gasteiger partial charge on any atom is 0.333 e. The second kappa shape index (κ2) is 15.4. The van der Waals surface area contributed by atoms with Crippen molar-refractivity contribution in [2.45, 2.75) is 70.2 Å². The number of fused-ring (bicyclic) bond motifs is 1. The predicted octanol–water partition coefficient (Wildman–Crippen LogP) is 4.57. The van der Waals surface area contributed by atoms with E-state index in [-0.39, 0.29) is 25.0 Å². The van der Waals surface area contributed by atoms with Crippen LogP contribution in [0.1, 0.15) is 57.3 Å². The van der Waals surface area contributed by atoms with E-state index >= 15 is 4.39 Å². The molecule has 1 amide bonds.